The van der Waals surface area contributed by atoms with Gasteiger partial charge < -0.3 is 5.11 Å². The summed E-state index contributed by atoms with van der Waals surface area (Å²) >= 11 is 0. The average Bonchev–Trinajstić information content (AvgIpc) is 2.78. The Labute approximate surface area is 184 Å². The Morgan fingerprint density at radius 3 is 2.22 bits per heavy atom. The fraction of sp³-hybridized carbons (Fsp3) is 0.136. The number of anilines is 1. The number of carboxylic acid groups (broad SMARTS) is 1. The Kier molecular flexibility index (Phi) is 5.51. The number of rotatable bonds is 5. The molecular weight excluding hydrogens is 457 g/mol. The van der Waals surface area contributed by atoms with Crippen LogP contribution in [0.4, 0.5) is 10.1 Å². The molecule has 1 aliphatic heterocycles. The van der Waals surface area contributed by atoms with Gasteiger partial charge in [-0.1, -0.05) is 12.1 Å². The first-order valence-electron chi connectivity index (χ1n) is 9.60. The lowest BCUT2D eigenvalue weighted by molar-refractivity contribution is 0.0696. The molecule has 0 aliphatic carbocycles. The molecule has 0 aromatic heterocycles. The van der Waals surface area contributed by atoms with Gasteiger partial charge in [0.2, 0.25) is 9.84 Å². The van der Waals surface area contributed by atoms with Gasteiger partial charge in [-0.3, -0.25) is 4.31 Å². The summed E-state index contributed by atoms with van der Waals surface area (Å²) in [6.45, 7) is 0.144. The molecule has 10 heteroatoms. The standard InChI is InChI=1S/C22H18FNO6S2/c23-17-7-10-18(11-8-17)32(29,30)24-12-2-4-15-6-9-20(14-21(15)24)31(27,28)19-5-1-3-16(13-19)22(25)26/h1,3,5-11,13-14H,2,4,12H2,(H,25,26). The molecule has 1 aliphatic rings. The maximum absolute atomic E-state index is 13.3. The number of carboxylic acids is 1. The lowest BCUT2D eigenvalue weighted by Crippen LogP contribution is -2.35. The third-order valence-electron chi connectivity index (χ3n) is 5.24. The van der Waals surface area contributed by atoms with E-state index in [4.69, 9.17) is 5.11 Å². The van der Waals surface area contributed by atoms with E-state index in [0.29, 0.717) is 18.4 Å². The summed E-state index contributed by atoms with van der Waals surface area (Å²) in [6, 6.07) is 13.6. The van der Waals surface area contributed by atoms with Gasteiger partial charge in [0.1, 0.15) is 5.82 Å². The van der Waals surface area contributed by atoms with Crippen molar-refractivity contribution in [1.82, 2.24) is 0 Å². The number of halogens is 1. The van der Waals surface area contributed by atoms with E-state index in [-0.39, 0.29) is 32.5 Å². The zero-order valence-electron chi connectivity index (χ0n) is 16.6. The highest BCUT2D eigenvalue weighted by Crippen LogP contribution is 2.35. The highest BCUT2D eigenvalue weighted by atomic mass is 32.2. The number of aryl methyl sites for hydroxylation is 1. The van der Waals surface area contributed by atoms with Gasteiger partial charge in [0.15, 0.2) is 0 Å². The fourth-order valence-corrected chi connectivity index (χ4v) is 6.46. The van der Waals surface area contributed by atoms with Gasteiger partial charge >= 0.3 is 5.97 Å². The molecule has 3 aromatic rings. The number of carbonyl (C=O) groups is 1. The lowest BCUT2D eigenvalue weighted by Gasteiger charge is -2.31. The second-order valence-electron chi connectivity index (χ2n) is 7.26. The van der Waals surface area contributed by atoms with Crippen molar-refractivity contribution in [2.45, 2.75) is 27.5 Å². The molecule has 1 heterocycles. The van der Waals surface area contributed by atoms with Crippen LogP contribution in [0.15, 0.2) is 81.4 Å². The van der Waals surface area contributed by atoms with Crippen LogP contribution >= 0.6 is 0 Å². The molecule has 0 unspecified atom stereocenters. The molecule has 0 atom stereocenters. The monoisotopic (exact) mass is 475 g/mol. The highest BCUT2D eigenvalue weighted by molar-refractivity contribution is 7.93. The van der Waals surface area contributed by atoms with Gasteiger partial charge in [-0.15, -0.1) is 0 Å². The van der Waals surface area contributed by atoms with Crippen LogP contribution in [-0.4, -0.2) is 34.5 Å². The fourth-order valence-electron chi connectivity index (χ4n) is 3.60. The minimum atomic E-state index is -4.10. The molecule has 1 N–H and O–H groups in total. The summed E-state index contributed by atoms with van der Waals surface area (Å²) in [5.74, 6) is -1.83. The summed E-state index contributed by atoms with van der Waals surface area (Å²) in [7, 11) is -8.14. The van der Waals surface area contributed by atoms with Crippen molar-refractivity contribution in [2.24, 2.45) is 0 Å². The van der Waals surface area contributed by atoms with Crippen LogP contribution in [0.5, 0.6) is 0 Å². The summed E-state index contributed by atoms with van der Waals surface area (Å²) in [5, 5.41) is 9.16. The summed E-state index contributed by atoms with van der Waals surface area (Å²) in [4.78, 5) is 10.8. The smallest absolute Gasteiger partial charge is 0.335 e. The van der Waals surface area contributed by atoms with E-state index in [9.17, 15) is 26.0 Å². The number of sulfonamides is 1. The Morgan fingerprint density at radius 1 is 0.875 bits per heavy atom. The van der Waals surface area contributed by atoms with Crippen molar-refractivity contribution < 1.29 is 31.1 Å². The van der Waals surface area contributed by atoms with Gasteiger partial charge in [0, 0.05) is 6.54 Å². The maximum Gasteiger partial charge on any atom is 0.335 e. The molecule has 0 spiro atoms. The second kappa shape index (κ2) is 8.03. The average molecular weight is 476 g/mol. The van der Waals surface area contributed by atoms with E-state index in [1.165, 1.54) is 30.3 Å². The van der Waals surface area contributed by atoms with Crippen LogP contribution in [0.3, 0.4) is 0 Å². The maximum atomic E-state index is 13.3. The number of fused-ring (bicyclic) bond motifs is 1. The summed E-state index contributed by atoms with van der Waals surface area (Å²) in [5.41, 5.74) is 0.723. The van der Waals surface area contributed by atoms with E-state index in [2.05, 4.69) is 0 Å². The first-order chi connectivity index (χ1) is 15.1. The lowest BCUT2D eigenvalue weighted by atomic mass is 10.0. The number of hydrogen-bond acceptors (Lipinski definition) is 5. The van der Waals surface area contributed by atoms with Crippen LogP contribution in [0.1, 0.15) is 22.3 Å². The van der Waals surface area contributed by atoms with Crippen molar-refractivity contribution in [2.75, 3.05) is 10.8 Å². The van der Waals surface area contributed by atoms with Crippen molar-refractivity contribution in [1.29, 1.82) is 0 Å². The molecule has 0 amide bonds. The Bertz CT molecular complexity index is 1420. The molecule has 0 radical (unpaired) electrons. The number of benzene rings is 3. The Morgan fingerprint density at radius 2 is 1.53 bits per heavy atom. The number of hydrogen-bond donors (Lipinski definition) is 1. The minimum Gasteiger partial charge on any atom is -0.478 e. The molecule has 166 valence electrons. The molecular formula is C22H18FNO6S2. The van der Waals surface area contributed by atoms with E-state index >= 15 is 0 Å². The predicted molar refractivity (Wildman–Crippen MR) is 115 cm³/mol. The van der Waals surface area contributed by atoms with Gasteiger partial charge in [0.25, 0.3) is 10.0 Å². The molecule has 0 fully saturated rings. The molecule has 3 aromatic carbocycles. The number of nitrogens with zero attached hydrogens (tertiary/aromatic N) is 1. The van der Waals surface area contributed by atoms with Crippen molar-refractivity contribution in [3.05, 3.63) is 83.7 Å². The van der Waals surface area contributed by atoms with E-state index in [1.807, 2.05) is 0 Å². The third-order valence-corrected chi connectivity index (χ3v) is 8.81. The first kappa shape index (κ1) is 22.0. The van der Waals surface area contributed by atoms with Crippen LogP contribution in [0, 0.1) is 5.82 Å². The van der Waals surface area contributed by atoms with Gasteiger partial charge in [-0.05, 0) is 73.0 Å². The van der Waals surface area contributed by atoms with E-state index in [0.717, 1.165) is 34.6 Å². The molecule has 32 heavy (non-hydrogen) atoms. The number of aromatic carboxylic acids is 1. The molecule has 4 rings (SSSR count). The van der Waals surface area contributed by atoms with Crippen LogP contribution < -0.4 is 4.31 Å². The molecule has 0 bridgehead atoms. The SMILES string of the molecule is O=C(O)c1cccc(S(=O)(=O)c2ccc3c(c2)N(S(=O)(=O)c2ccc(F)cc2)CCC3)c1. The minimum absolute atomic E-state index is 0.103. The zero-order valence-corrected chi connectivity index (χ0v) is 18.2. The molecule has 0 saturated carbocycles. The predicted octanol–water partition coefficient (Wildman–Crippen LogP) is 3.50. The van der Waals surface area contributed by atoms with Crippen LogP contribution in [-0.2, 0) is 26.3 Å². The van der Waals surface area contributed by atoms with Crippen molar-refractivity contribution in [3.63, 3.8) is 0 Å². The topological polar surface area (TPSA) is 109 Å². The zero-order chi connectivity index (χ0) is 23.1. The number of sulfone groups is 1. The summed E-state index contributed by atoms with van der Waals surface area (Å²) < 4.78 is 67.1. The Balaban J connectivity index is 1.81. The van der Waals surface area contributed by atoms with Crippen LogP contribution in [0.25, 0.3) is 0 Å². The first-order valence-corrected chi connectivity index (χ1v) is 12.5. The van der Waals surface area contributed by atoms with Gasteiger partial charge in [0.05, 0.1) is 25.9 Å². The normalized spacial score (nSPS) is 14.1. The van der Waals surface area contributed by atoms with Gasteiger partial charge in [-0.2, -0.15) is 0 Å². The van der Waals surface area contributed by atoms with E-state index in [1.54, 1.807) is 6.07 Å². The summed E-state index contributed by atoms with van der Waals surface area (Å²) in [6.07, 6.45) is 1.11. The van der Waals surface area contributed by atoms with Crippen molar-refractivity contribution >= 4 is 31.5 Å². The van der Waals surface area contributed by atoms with Gasteiger partial charge in [-0.25, -0.2) is 26.0 Å². The molecule has 7 nitrogen and oxygen atoms in total. The third kappa shape index (κ3) is 3.87. The van der Waals surface area contributed by atoms with Crippen LogP contribution in [0.2, 0.25) is 0 Å². The quantitative estimate of drug-likeness (QED) is 0.605. The highest BCUT2D eigenvalue weighted by Gasteiger charge is 2.31. The Hall–Kier alpha value is -3.24. The van der Waals surface area contributed by atoms with E-state index < -0.39 is 31.6 Å². The largest absolute Gasteiger partial charge is 0.478 e. The second-order valence-corrected chi connectivity index (χ2v) is 11.1. The molecule has 0 saturated heterocycles. The van der Waals surface area contributed by atoms with Crippen molar-refractivity contribution in [3.8, 4) is 0 Å².